The summed E-state index contributed by atoms with van der Waals surface area (Å²) in [7, 11) is 0. The van der Waals surface area contributed by atoms with Crippen molar-refractivity contribution < 1.29 is 10.0 Å². The number of hydrogen-bond donors (Lipinski definition) is 2. The van der Waals surface area contributed by atoms with Crippen molar-refractivity contribution in [2.24, 2.45) is 0 Å². The molecule has 0 saturated carbocycles. The molecular formula is C7H15NO2. The highest BCUT2D eigenvalue weighted by Gasteiger charge is 2.02. The van der Waals surface area contributed by atoms with Gasteiger partial charge in [-0.15, -0.1) is 0 Å². The average molecular weight is 145 g/mol. The van der Waals surface area contributed by atoms with Crippen LogP contribution in [0.15, 0.2) is 0 Å². The van der Waals surface area contributed by atoms with E-state index in [-0.39, 0.29) is 6.04 Å². The molecule has 0 aromatic heterocycles. The summed E-state index contributed by atoms with van der Waals surface area (Å²) in [4.78, 5) is 10.1. The highest BCUT2D eigenvalue weighted by Crippen LogP contribution is 2.00. The van der Waals surface area contributed by atoms with Crippen LogP contribution in [0.3, 0.4) is 0 Å². The molecule has 3 nitrogen and oxygen atoms in total. The zero-order valence-corrected chi connectivity index (χ0v) is 6.34. The molecule has 1 atom stereocenters. The zero-order chi connectivity index (χ0) is 7.82. The number of carbonyl (C=O) groups excluding carboxylic acids is 1. The molecule has 0 saturated heterocycles. The smallest absolute Gasteiger partial charge is 0.139 e. The van der Waals surface area contributed by atoms with Crippen LogP contribution in [0.25, 0.3) is 0 Å². The number of carbonyl (C=O) groups is 1. The SMILES string of the molecule is CCCCC[C@@H](C=O)NO. The van der Waals surface area contributed by atoms with Gasteiger partial charge in [-0.25, -0.2) is 0 Å². The lowest BCUT2D eigenvalue weighted by Gasteiger charge is -2.05. The van der Waals surface area contributed by atoms with Crippen LogP contribution < -0.4 is 5.48 Å². The third-order valence-corrected chi connectivity index (χ3v) is 1.45. The monoisotopic (exact) mass is 145 g/mol. The second kappa shape index (κ2) is 6.71. The highest BCUT2D eigenvalue weighted by atomic mass is 16.5. The van der Waals surface area contributed by atoms with Crippen molar-refractivity contribution in [1.82, 2.24) is 5.48 Å². The van der Waals surface area contributed by atoms with Crippen molar-refractivity contribution in [2.75, 3.05) is 0 Å². The molecule has 0 heterocycles. The maximum absolute atomic E-state index is 10.1. The summed E-state index contributed by atoms with van der Waals surface area (Å²) >= 11 is 0. The molecular weight excluding hydrogens is 130 g/mol. The molecule has 10 heavy (non-hydrogen) atoms. The second-order valence-electron chi connectivity index (χ2n) is 2.37. The van der Waals surface area contributed by atoms with E-state index in [9.17, 15) is 4.79 Å². The molecule has 0 aliphatic carbocycles. The van der Waals surface area contributed by atoms with Gasteiger partial charge in [0.05, 0.1) is 6.04 Å². The summed E-state index contributed by atoms with van der Waals surface area (Å²) in [6.07, 6.45) is 4.71. The van der Waals surface area contributed by atoms with Crippen LogP contribution in [0.4, 0.5) is 0 Å². The van der Waals surface area contributed by atoms with Gasteiger partial charge in [0.25, 0.3) is 0 Å². The van der Waals surface area contributed by atoms with Gasteiger partial charge in [0.1, 0.15) is 6.29 Å². The van der Waals surface area contributed by atoms with Crippen LogP contribution in [0, 0.1) is 0 Å². The molecule has 0 amide bonds. The van der Waals surface area contributed by atoms with Crippen LogP contribution >= 0.6 is 0 Å². The van der Waals surface area contributed by atoms with Crippen LogP contribution in [-0.2, 0) is 4.79 Å². The lowest BCUT2D eigenvalue weighted by atomic mass is 10.1. The topological polar surface area (TPSA) is 49.3 Å². The molecule has 0 rings (SSSR count). The summed E-state index contributed by atoms with van der Waals surface area (Å²) in [6.45, 7) is 2.10. The van der Waals surface area contributed by atoms with E-state index in [0.29, 0.717) is 0 Å². The number of nitrogens with one attached hydrogen (secondary N) is 1. The predicted octanol–water partition coefficient (Wildman–Crippen LogP) is 1.11. The molecule has 0 aliphatic rings. The Morgan fingerprint density at radius 1 is 1.60 bits per heavy atom. The largest absolute Gasteiger partial charge is 0.316 e. The van der Waals surface area contributed by atoms with E-state index in [1.165, 1.54) is 0 Å². The van der Waals surface area contributed by atoms with Crippen molar-refractivity contribution in [3.05, 3.63) is 0 Å². The minimum Gasteiger partial charge on any atom is -0.316 e. The van der Waals surface area contributed by atoms with Gasteiger partial charge in [-0.3, -0.25) is 0 Å². The molecule has 2 N–H and O–H groups in total. The van der Waals surface area contributed by atoms with E-state index in [4.69, 9.17) is 5.21 Å². The normalized spacial score (nSPS) is 13.0. The minimum atomic E-state index is -0.369. The fourth-order valence-electron chi connectivity index (χ4n) is 0.777. The van der Waals surface area contributed by atoms with E-state index in [1.54, 1.807) is 0 Å². The Bertz CT molecular complexity index is 85.7. The van der Waals surface area contributed by atoms with E-state index in [2.05, 4.69) is 6.92 Å². The molecule has 3 heteroatoms. The molecule has 0 bridgehead atoms. The number of hydroxylamine groups is 1. The third-order valence-electron chi connectivity index (χ3n) is 1.45. The fraction of sp³-hybridized carbons (Fsp3) is 0.857. The maximum atomic E-state index is 10.1. The van der Waals surface area contributed by atoms with Gasteiger partial charge in [-0.1, -0.05) is 26.2 Å². The highest BCUT2D eigenvalue weighted by molar-refractivity contribution is 5.56. The van der Waals surface area contributed by atoms with Crippen molar-refractivity contribution in [1.29, 1.82) is 0 Å². The van der Waals surface area contributed by atoms with Crippen LogP contribution in [0.1, 0.15) is 32.6 Å². The van der Waals surface area contributed by atoms with Gasteiger partial charge in [-0.05, 0) is 6.42 Å². The summed E-state index contributed by atoms with van der Waals surface area (Å²) in [5, 5.41) is 8.34. The van der Waals surface area contributed by atoms with Gasteiger partial charge in [0.15, 0.2) is 0 Å². The molecule has 60 valence electrons. The van der Waals surface area contributed by atoms with Crippen LogP contribution in [-0.4, -0.2) is 17.5 Å². The van der Waals surface area contributed by atoms with Crippen molar-refractivity contribution in [2.45, 2.75) is 38.6 Å². The van der Waals surface area contributed by atoms with Gasteiger partial charge < -0.3 is 10.0 Å². The van der Waals surface area contributed by atoms with Crippen LogP contribution in [0.2, 0.25) is 0 Å². The Hall–Kier alpha value is -0.410. The molecule has 0 aromatic carbocycles. The van der Waals surface area contributed by atoms with Crippen molar-refractivity contribution in [3.8, 4) is 0 Å². The Morgan fingerprint density at radius 3 is 2.70 bits per heavy atom. The Labute approximate surface area is 61.4 Å². The number of rotatable bonds is 6. The summed E-state index contributed by atoms with van der Waals surface area (Å²) < 4.78 is 0. The molecule has 0 aliphatic heterocycles. The fourth-order valence-corrected chi connectivity index (χ4v) is 0.777. The molecule has 0 radical (unpaired) electrons. The number of unbranched alkanes of at least 4 members (excludes halogenated alkanes) is 2. The number of hydrogen-bond acceptors (Lipinski definition) is 3. The summed E-state index contributed by atoms with van der Waals surface area (Å²) in [6, 6.07) is -0.369. The first-order valence-corrected chi connectivity index (χ1v) is 3.70. The standard InChI is InChI=1S/C7H15NO2/c1-2-3-4-5-7(6-9)8-10/h6-8,10H,2-5H2,1H3/t7-/m0/s1. The Kier molecular flexibility index (Phi) is 6.43. The van der Waals surface area contributed by atoms with E-state index in [0.717, 1.165) is 32.0 Å². The predicted molar refractivity (Wildman–Crippen MR) is 38.9 cm³/mol. The van der Waals surface area contributed by atoms with Gasteiger partial charge in [0, 0.05) is 0 Å². The van der Waals surface area contributed by atoms with E-state index >= 15 is 0 Å². The van der Waals surface area contributed by atoms with Crippen molar-refractivity contribution >= 4 is 6.29 Å². The molecule has 0 aromatic rings. The lowest BCUT2D eigenvalue weighted by Crippen LogP contribution is -2.26. The van der Waals surface area contributed by atoms with Crippen LogP contribution in [0.5, 0.6) is 0 Å². The lowest BCUT2D eigenvalue weighted by molar-refractivity contribution is -0.112. The van der Waals surface area contributed by atoms with Gasteiger partial charge in [-0.2, -0.15) is 5.48 Å². The first-order chi connectivity index (χ1) is 4.85. The molecule has 0 spiro atoms. The first kappa shape index (κ1) is 9.59. The maximum Gasteiger partial charge on any atom is 0.139 e. The minimum absolute atomic E-state index is 0.369. The summed E-state index contributed by atoms with van der Waals surface area (Å²) in [5.41, 5.74) is 1.94. The Morgan fingerprint density at radius 2 is 2.30 bits per heavy atom. The van der Waals surface area contributed by atoms with E-state index in [1.807, 2.05) is 5.48 Å². The average Bonchev–Trinajstić information content (AvgIpc) is 1.99. The number of aldehydes is 1. The second-order valence-corrected chi connectivity index (χ2v) is 2.37. The third kappa shape index (κ3) is 4.47. The van der Waals surface area contributed by atoms with E-state index < -0.39 is 0 Å². The quantitative estimate of drug-likeness (QED) is 0.334. The molecule has 0 unspecified atom stereocenters. The Balaban J connectivity index is 3.17. The zero-order valence-electron chi connectivity index (χ0n) is 6.34. The first-order valence-electron chi connectivity index (χ1n) is 3.70. The molecule has 0 fully saturated rings. The summed E-state index contributed by atoms with van der Waals surface area (Å²) in [5.74, 6) is 0. The van der Waals surface area contributed by atoms with Crippen molar-refractivity contribution in [3.63, 3.8) is 0 Å². The van der Waals surface area contributed by atoms with Gasteiger partial charge in [0.2, 0.25) is 0 Å². The van der Waals surface area contributed by atoms with Gasteiger partial charge >= 0.3 is 0 Å².